The molecule has 178 valence electrons. The van der Waals surface area contributed by atoms with E-state index in [0.717, 1.165) is 31.4 Å². The van der Waals surface area contributed by atoms with Gasteiger partial charge in [-0.2, -0.15) is 8.42 Å². The van der Waals surface area contributed by atoms with E-state index in [1.807, 2.05) is 45.8 Å². The summed E-state index contributed by atoms with van der Waals surface area (Å²) in [6.07, 6.45) is 2.44. The number of hydrogen-bond donors (Lipinski definition) is 1. The highest BCUT2D eigenvalue weighted by molar-refractivity contribution is 9.10. The third-order valence-electron chi connectivity index (χ3n) is 5.50. The van der Waals surface area contributed by atoms with E-state index in [1.54, 1.807) is 36.4 Å². The molecule has 1 saturated heterocycles. The second-order valence-corrected chi connectivity index (χ2v) is 11.2. The number of amides is 1. The van der Waals surface area contributed by atoms with Gasteiger partial charge in [-0.3, -0.25) is 4.79 Å². The molecule has 1 amide bonds. The van der Waals surface area contributed by atoms with Crippen LogP contribution in [-0.2, 0) is 21.4 Å². The number of carbonyl (C=O) groups excluding carboxylic acids is 1. The van der Waals surface area contributed by atoms with Gasteiger partial charge in [-0.1, -0.05) is 51.3 Å². The molecule has 1 aromatic heterocycles. The number of rotatable bonds is 5. The highest BCUT2D eigenvalue weighted by Crippen LogP contribution is 2.32. The molecule has 1 aliphatic heterocycles. The molecule has 2 heterocycles. The van der Waals surface area contributed by atoms with Crippen LogP contribution >= 0.6 is 39.1 Å². The summed E-state index contributed by atoms with van der Waals surface area (Å²) in [6.45, 7) is -0.249. The van der Waals surface area contributed by atoms with Gasteiger partial charge >= 0.3 is 10.2 Å². The molecule has 0 aliphatic carbocycles. The third kappa shape index (κ3) is 4.95. The van der Waals surface area contributed by atoms with Crippen molar-refractivity contribution in [1.29, 1.82) is 0 Å². The van der Waals surface area contributed by atoms with E-state index in [1.165, 1.54) is 0 Å². The summed E-state index contributed by atoms with van der Waals surface area (Å²) in [5.74, 6) is 0.205. The van der Waals surface area contributed by atoms with Gasteiger partial charge in [0.05, 0.1) is 16.4 Å². The first-order valence-electron chi connectivity index (χ1n) is 10.4. The molecule has 0 spiro atoms. The van der Waals surface area contributed by atoms with Crippen LogP contribution in [0.3, 0.4) is 0 Å². The van der Waals surface area contributed by atoms with Crippen molar-refractivity contribution in [2.75, 3.05) is 10.8 Å². The topological polar surface area (TPSA) is 84.3 Å². The van der Waals surface area contributed by atoms with Gasteiger partial charge in [0.1, 0.15) is 12.4 Å². The fraction of sp³-hybridized carbons (Fsp3) is 0.0833. The number of hydrogen-bond acceptors (Lipinski definition) is 4. The lowest BCUT2D eigenvalue weighted by atomic mass is 10.1. The summed E-state index contributed by atoms with van der Waals surface area (Å²) in [6, 6.07) is 20.1. The van der Waals surface area contributed by atoms with Crippen molar-refractivity contribution in [3.8, 4) is 16.9 Å². The van der Waals surface area contributed by atoms with E-state index >= 15 is 0 Å². The Labute approximate surface area is 220 Å². The van der Waals surface area contributed by atoms with E-state index in [0.29, 0.717) is 27.8 Å². The summed E-state index contributed by atoms with van der Waals surface area (Å²) >= 11 is 16.0. The Kier molecular flexibility index (Phi) is 6.35. The average Bonchev–Trinajstić information content (AvgIpc) is 3.34. The van der Waals surface area contributed by atoms with E-state index in [2.05, 4.69) is 15.9 Å². The van der Waals surface area contributed by atoms with Gasteiger partial charge in [0.2, 0.25) is 0 Å². The quantitative estimate of drug-likeness (QED) is 0.338. The molecule has 0 radical (unpaired) electrons. The molecular weight excluding hydrogens is 575 g/mol. The van der Waals surface area contributed by atoms with Crippen molar-refractivity contribution < 1.29 is 13.2 Å². The van der Waals surface area contributed by atoms with Crippen molar-refractivity contribution in [3.63, 3.8) is 0 Å². The van der Waals surface area contributed by atoms with E-state index in [4.69, 9.17) is 28.2 Å². The van der Waals surface area contributed by atoms with Gasteiger partial charge in [-0.15, -0.1) is 0 Å². The Balaban J connectivity index is 1.55. The number of anilines is 1. The molecule has 4 aromatic rings. The Hall–Kier alpha value is -2.85. The number of nitrogens with zero attached hydrogens (tertiary/aromatic N) is 3. The first kappa shape index (κ1) is 23.9. The van der Waals surface area contributed by atoms with Gasteiger partial charge in [0, 0.05) is 33.4 Å². The molecule has 35 heavy (non-hydrogen) atoms. The predicted octanol–water partition coefficient (Wildman–Crippen LogP) is 5.38. The second kappa shape index (κ2) is 9.31. The molecule has 3 aromatic carbocycles. The number of halogens is 3. The highest BCUT2D eigenvalue weighted by atomic mass is 79.9. The minimum absolute atomic E-state index is 0.249. The Bertz CT molecular complexity index is 1540. The number of aromatic nitrogens is 2. The molecule has 5 rings (SSSR count). The van der Waals surface area contributed by atoms with Crippen LogP contribution in [0.2, 0.25) is 10.0 Å². The van der Waals surface area contributed by atoms with Crippen molar-refractivity contribution >= 4 is 60.9 Å². The molecule has 0 saturated carbocycles. The largest absolute Gasteiger partial charge is 0.326 e. The molecule has 7 nitrogen and oxygen atoms in total. The third-order valence-corrected chi connectivity index (χ3v) is 7.98. The van der Waals surface area contributed by atoms with Gasteiger partial charge in [0.25, 0.3) is 5.91 Å². The van der Waals surface area contributed by atoms with Crippen LogP contribution in [0.1, 0.15) is 11.4 Å². The van der Waals surface area contributed by atoms with Gasteiger partial charge < -0.3 is 4.57 Å². The van der Waals surface area contributed by atoms with Crippen molar-refractivity contribution in [1.82, 2.24) is 14.3 Å². The van der Waals surface area contributed by atoms with Crippen molar-refractivity contribution in [3.05, 3.63) is 98.8 Å². The van der Waals surface area contributed by atoms with Gasteiger partial charge in [-0.05, 0) is 60.2 Å². The lowest BCUT2D eigenvalue weighted by Gasteiger charge is -2.15. The summed E-state index contributed by atoms with van der Waals surface area (Å²) in [7, 11) is -3.87. The van der Waals surface area contributed by atoms with E-state index in [-0.39, 0.29) is 6.54 Å². The summed E-state index contributed by atoms with van der Waals surface area (Å²) < 4.78 is 30.3. The maximum atomic E-state index is 12.2. The summed E-state index contributed by atoms with van der Waals surface area (Å²) in [5, 5.41) is 1.03. The zero-order valence-corrected chi connectivity index (χ0v) is 21.9. The van der Waals surface area contributed by atoms with Crippen LogP contribution in [0.4, 0.5) is 5.69 Å². The minimum Gasteiger partial charge on any atom is -0.303 e. The molecule has 0 atom stereocenters. The Morgan fingerprint density at radius 2 is 1.66 bits per heavy atom. The fourth-order valence-corrected chi connectivity index (χ4v) is 5.75. The van der Waals surface area contributed by atoms with E-state index < -0.39 is 16.1 Å². The Morgan fingerprint density at radius 3 is 2.29 bits per heavy atom. The normalized spacial score (nSPS) is 14.8. The SMILES string of the molecule is O=C1CN(c2ccc(-n3cc(-c4ccc(Cl)cc4Cl)nc3Cc3ccc(Br)cc3)cc2)S(=O)(=O)N1. The van der Waals surface area contributed by atoms with Gasteiger partial charge in [-0.25, -0.2) is 14.0 Å². The maximum Gasteiger partial charge on any atom is 0.326 e. The van der Waals surface area contributed by atoms with Crippen molar-refractivity contribution in [2.24, 2.45) is 0 Å². The molecule has 1 N–H and O–H groups in total. The minimum atomic E-state index is -3.87. The monoisotopic (exact) mass is 590 g/mol. The zero-order chi connectivity index (χ0) is 24.7. The van der Waals surface area contributed by atoms with Crippen LogP contribution in [0.25, 0.3) is 16.9 Å². The molecule has 1 aliphatic rings. The average molecular weight is 592 g/mol. The molecule has 0 bridgehead atoms. The number of benzene rings is 3. The first-order chi connectivity index (χ1) is 16.7. The smallest absolute Gasteiger partial charge is 0.303 e. The van der Waals surface area contributed by atoms with Crippen LogP contribution in [0.5, 0.6) is 0 Å². The fourth-order valence-electron chi connectivity index (χ4n) is 3.83. The van der Waals surface area contributed by atoms with Crippen LogP contribution in [-0.4, -0.2) is 30.4 Å². The Morgan fingerprint density at radius 1 is 0.971 bits per heavy atom. The first-order valence-corrected chi connectivity index (χ1v) is 13.4. The molecule has 0 unspecified atom stereocenters. The molecule has 1 fully saturated rings. The number of imidazole rings is 1. The summed E-state index contributed by atoms with van der Waals surface area (Å²) in [4.78, 5) is 16.5. The standard InChI is InChI=1S/C24H17BrCl2N4O3S/c25-16-3-1-15(2-4-16)11-23-28-22(20-10-5-17(26)12-21(20)27)13-30(23)18-6-8-19(9-7-18)31-14-24(32)29-35(31,33)34/h1-10,12-13H,11,14H2,(H,29,32). The number of carbonyl (C=O) groups is 1. The van der Waals surface area contributed by atoms with Crippen molar-refractivity contribution in [2.45, 2.75) is 6.42 Å². The lowest BCUT2D eigenvalue weighted by molar-refractivity contribution is -0.117. The van der Waals surface area contributed by atoms with E-state index in [9.17, 15) is 13.2 Å². The number of nitrogens with one attached hydrogen (secondary N) is 1. The maximum absolute atomic E-state index is 12.2. The predicted molar refractivity (Wildman–Crippen MR) is 140 cm³/mol. The van der Waals surface area contributed by atoms with Crippen LogP contribution in [0, 0.1) is 0 Å². The highest BCUT2D eigenvalue weighted by Gasteiger charge is 2.33. The molecule has 11 heteroatoms. The van der Waals surface area contributed by atoms with Gasteiger partial charge in [0.15, 0.2) is 0 Å². The zero-order valence-electron chi connectivity index (χ0n) is 18.0. The second-order valence-electron chi connectivity index (χ2n) is 7.89. The summed E-state index contributed by atoms with van der Waals surface area (Å²) in [5.41, 5.74) is 3.66. The van der Waals surface area contributed by atoms with Crippen LogP contribution in [0.15, 0.2) is 77.4 Å². The lowest BCUT2D eigenvalue weighted by Crippen LogP contribution is -2.29. The van der Waals surface area contributed by atoms with Crippen LogP contribution < -0.4 is 9.03 Å². The molecular formula is C24H17BrCl2N4O3S.